The number of benzene rings is 1. The van der Waals surface area contributed by atoms with Gasteiger partial charge in [0, 0.05) is 6.42 Å². The van der Waals surface area contributed by atoms with Gasteiger partial charge >= 0.3 is 0 Å². The lowest BCUT2D eigenvalue weighted by molar-refractivity contribution is -0.112. The molecular formula is C14H20ClNO2. The molecule has 0 spiro atoms. The van der Waals surface area contributed by atoms with Gasteiger partial charge in [0.2, 0.25) is 5.24 Å². The van der Waals surface area contributed by atoms with Crippen LogP contribution in [0.5, 0.6) is 0 Å². The number of carbonyl (C=O) groups is 1. The summed E-state index contributed by atoms with van der Waals surface area (Å²) in [4.78, 5) is 9.65. The highest BCUT2D eigenvalue weighted by molar-refractivity contribution is 6.63. The quantitative estimate of drug-likeness (QED) is 0.616. The lowest BCUT2D eigenvalue weighted by Gasteiger charge is -1.91. The summed E-state index contributed by atoms with van der Waals surface area (Å²) in [6.07, 6.45) is 6.51. The van der Waals surface area contributed by atoms with Gasteiger partial charge in [0.15, 0.2) is 0 Å². The van der Waals surface area contributed by atoms with Gasteiger partial charge in [-0.15, -0.1) is 0 Å². The molecule has 0 heterocycles. The highest BCUT2D eigenvalue weighted by Gasteiger charge is 1.88. The maximum absolute atomic E-state index is 9.65. The molecule has 3 nitrogen and oxygen atoms in total. The van der Waals surface area contributed by atoms with Gasteiger partial charge in [0.1, 0.15) is 0 Å². The number of aliphatic hydroxyl groups is 1. The van der Waals surface area contributed by atoms with Crippen molar-refractivity contribution >= 4 is 22.9 Å². The Kier molecular flexibility index (Phi) is 11.5. The zero-order valence-electron chi connectivity index (χ0n) is 10.4. The van der Waals surface area contributed by atoms with Crippen molar-refractivity contribution < 1.29 is 9.90 Å². The van der Waals surface area contributed by atoms with Crippen LogP contribution < -0.4 is 5.73 Å². The van der Waals surface area contributed by atoms with Gasteiger partial charge in [-0.05, 0) is 36.6 Å². The molecule has 0 aliphatic heterocycles. The van der Waals surface area contributed by atoms with Crippen LogP contribution in [-0.4, -0.2) is 23.5 Å². The molecule has 0 atom stereocenters. The number of carbonyl (C=O) groups excluding carboxylic acids is 1. The zero-order chi connectivity index (χ0) is 13.6. The van der Waals surface area contributed by atoms with Crippen LogP contribution in [0.1, 0.15) is 24.8 Å². The van der Waals surface area contributed by atoms with Crippen LogP contribution in [0.3, 0.4) is 0 Å². The minimum absolute atomic E-state index is 0.0571. The lowest BCUT2D eigenvalue weighted by atomic mass is 10.2. The monoisotopic (exact) mass is 269 g/mol. The molecule has 1 rings (SSSR count). The number of hydrogen-bond acceptors (Lipinski definition) is 3. The molecule has 0 bridgehead atoms. The number of nitrogens with two attached hydrogens (primary N) is 1. The summed E-state index contributed by atoms with van der Waals surface area (Å²) in [5, 5.41) is 7.44. The van der Waals surface area contributed by atoms with E-state index in [0.29, 0.717) is 0 Å². The molecule has 0 fully saturated rings. The van der Waals surface area contributed by atoms with Crippen LogP contribution >= 0.6 is 11.6 Å². The summed E-state index contributed by atoms with van der Waals surface area (Å²) in [6.45, 7) is 0.626. The van der Waals surface area contributed by atoms with Crippen LogP contribution in [0.2, 0.25) is 0 Å². The van der Waals surface area contributed by atoms with E-state index in [2.05, 4.69) is 24.3 Å². The summed E-state index contributed by atoms with van der Waals surface area (Å²) in [5.41, 5.74) is 6.63. The van der Waals surface area contributed by atoms with Gasteiger partial charge in [0.25, 0.3) is 0 Å². The van der Waals surface area contributed by atoms with Crippen molar-refractivity contribution in [1.82, 2.24) is 0 Å². The summed E-state index contributed by atoms with van der Waals surface area (Å²) >= 11 is 4.78. The van der Waals surface area contributed by atoms with Crippen LogP contribution in [0, 0.1) is 0 Å². The van der Waals surface area contributed by atoms with Gasteiger partial charge in [-0.3, -0.25) is 4.79 Å². The minimum atomic E-state index is -0.488. The number of aliphatic hydroxyl groups excluding tert-OH is 1. The summed E-state index contributed by atoms with van der Waals surface area (Å²) in [5.74, 6) is 0. The van der Waals surface area contributed by atoms with Crippen molar-refractivity contribution in [1.29, 1.82) is 0 Å². The van der Waals surface area contributed by atoms with E-state index in [-0.39, 0.29) is 13.0 Å². The van der Waals surface area contributed by atoms with Gasteiger partial charge in [-0.2, -0.15) is 0 Å². The Labute approximate surface area is 113 Å². The molecule has 0 radical (unpaired) electrons. The molecular weight excluding hydrogens is 250 g/mol. The standard InChI is InChI=1S/C11H15N.C3H5ClO2/c12-10-6-2-5-9-11-7-3-1-4-8-11;4-3(6)1-2-5/h1,3-5,7-9H,2,6,10,12H2;5H,1-2H2. The molecule has 0 aliphatic carbocycles. The van der Waals surface area contributed by atoms with E-state index in [1.807, 2.05) is 18.2 Å². The van der Waals surface area contributed by atoms with E-state index in [1.54, 1.807) is 0 Å². The van der Waals surface area contributed by atoms with Crippen LogP contribution in [0.25, 0.3) is 6.08 Å². The molecule has 100 valence electrons. The predicted molar refractivity (Wildman–Crippen MR) is 76.3 cm³/mol. The SMILES string of the molecule is NCCCC=Cc1ccccc1.O=C(Cl)CCO. The Morgan fingerprint density at radius 2 is 2.00 bits per heavy atom. The zero-order valence-corrected chi connectivity index (χ0v) is 11.1. The largest absolute Gasteiger partial charge is 0.396 e. The summed E-state index contributed by atoms with van der Waals surface area (Å²) < 4.78 is 0. The van der Waals surface area contributed by atoms with Gasteiger partial charge in [-0.1, -0.05) is 42.5 Å². The maximum Gasteiger partial charge on any atom is 0.223 e. The van der Waals surface area contributed by atoms with E-state index in [4.69, 9.17) is 22.4 Å². The molecule has 0 aromatic heterocycles. The average molecular weight is 270 g/mol. The van der Waals surface area contributed by atoms with Crippen molar-refractivity contribution in [2.24, 2.45) is 5.73 Å². The second-order valence-electron chi connectivity index (χ2n) is 3.57. The number of rotatable bonds is 6. The molecule has 0 aliphatic rings. The molecule has 0 saturated heterocycles. The summed E-state index contributed by atoms with van der Waals surface area (Å²) in [7, 11) is 0. The van der Waals surface area contributed by atoms with Crippen LogP contribution in [0.4, 0.5) is 0 Å². The van der Waals surface area contributed by atoms with E-state index in [0.717, 1.165) is 19.4 Å². The molecule has 1 aromatic carbocycles. The first-order valence-corrected chi connectivity index (χ1v) is 6.29. The number of allylic oxidation sites excluding steroid dienone is 1. The normalized spacial score (nSPS) is 9.94. The third-order valence-corrected chi connectivity index (χ3v) is 2.18. The van der Waals surface area contributed by atoms with Crippen LogP contribution in [0.15, 0.2) is 36.4 Å². The molecule has 1 aromatic rings. The van der Waals surface area contributed by atoms with Crippen LogP contribution in [-0.2, 0) is 4.79 Å². The first-order chi connectivity index (χ1) is 8.70. The minimum Gasteiger partial charge on any atom is -0.396 e. The molecule has 0 amide bonds. The Morgan fingerprint density at radius 1 is 1.33 bits per heavy atom. The topological polar surface area (TPSA) is 63.3 Å². The van der Waals surface area contributed by atoms with Gasteiger partial charge in [-0.25, -0.2) is 0 Å². The van der Waals surface area contributed by atoms with Crippen molar-refractivity contribution in [3.63, 3.8) is 0 Å². The van der Waals surface area contributed by atoms with E-state index < -0.39 is 5.24 Å². The fourth-order valence-corrected chi connectivity index (χ4v) is 1.19. The Hall–Kier alpha value is -1.16. The average Bonchev–Trinajstić information content (AvgIpc) is 2.37. The van der Waals surface area contributed by atoms with E-state index in [1.165, 1.54) is 5.56 Å². The molecule has 3 N–H and O–H groups in total. The van der Waals surface area contributed by atoms with Gasteiger partial charge in [0.05, 0.1) is 6.61 Å². The Balaban J connectivity index is 0.000000411. The lowest BCUT2D eigenvalue weighted by Crippen LogP contribution is -1.96. The Morgan fingerprint density at radius 3 is 2.44 bits per heavy atom. The molecule has 4 heteroatoms. The first kappa shape index (κ1) is 16.8. The highest BCUT2D eigenvalue weighted by Crippen LogP contribution is 2.02. The number of hydrogen-bond donors (Lipinski definition) is 2. The molecule has 0 unspecified atom stereocenters. The van der Waals surface area contributed by atoms with Crippen molar-refractivity contribution in [2.45, 2.75) is 19.3 Å². The molecule has 18 heavy (non-hydrogen) atoms. The predicted octanol–water partition coefficient (Wildman–Crippen LogP) is 2.57. The third kappa shape index (κ3) is 11.3. The number of unbranched alkanes of at least 4 members (excludes halogenated alkanes) is 1. The third-order valence-electron chi connectivity index (χ3n) is 1.99. The fraction of sp³-hybridized carbons (Fsp3) is 0.357. The smallest absolute Gasteiger partial charge is 0.223 e. The van der Waals surface area contributed by atoms with Crippen molar-refractivity contribution in [2.75, 3.05) is 13.2 Å². The second-order valence-corrected chi connectivity index (χ2v) is 3.99. The summed E-state index contributed by atoms with van der Waals surface area (Å²) in [6, 6.07) is 10.3. The van der Waals surface area contributed by atoms with E-state index >= 15 is 0 Å². The molecule has 0 saturated carbocycles. The van der Waals surface area contributed by atoms with Crippen molar-refractivity contribution in [3.05, 3.63) is 42.0 Å². The highest BCUT2D eigenvalue weighted by atomic mass is 35.5. The van der Waals surface area contributed by atoms with E-state index in [9.17, 15) is 4.79 Å². The number of halogens is 1. The Bertz CT molecular complexity index is 339. The maximum atomic E-state index is 9.65. The van der Waals surface area contributed by atoms with Crippen molar-refractivity contribution in [3.8, 4) is 0 Å². The fourth-order valence-electron chi connectivity index (χ4n) is 1.11. The second kappa shape index (κ2) is 12.3. The van der Waals surface area contributed by atoms with Gasteiger partial charge < -0.3 is 10.8 Å². The first-order valence-electron chi connectivity index (χ1n) is 5.91.